The maximum Gasteiger partial charge on any atom is 0.248 e. The summed E-state index contributed by atoms with van der Waals surface area (Å²) in [6, 6.07) is 6.68. The van der Waals surface area contributed by atoms with E-state index in [1.54, 1.807) is 29.2 Å². The highest BCUT2D eigenvalue weighted by Crippen LogP contribution is 2.12. The van der Waals surface area contributed by atoms with E-state index in [2.05, 4.69) is 4.72 Å². The van der Waals surface area contributed by atoms with Crippen molar-refractivity contribution in [3.05, 3.63) is 34.9 Å². The molecule has 1 heterocycles. The summed E-state index contributed by atoms with van der Waals surface area (Å²) in [7, 11) is -3.48. The van der Waals surface area contributed by atoms with Gasteiger partial charge < -0.3 is 9.64 Å². The van der Waals surface area contributed by atoms with Gasteiger partial charge in [-0.05, 0) is 23.6 Å². The van der Waals surface area contributed by atoms with Crippen LogP contribution in [0.2, 0.25) is 5.02 Å². The third kappa shape index (κ3) is 6.05. The first-order valence-corrected chi connectivity index (χ1v) is 9.89. The Morgan fingerprint density at radius 1 is 1.33 bits per heavy atom. The molecule has 1 fully saturated rings. The van der Waals surface area contributed by atoms with Crippen LogP contribution in [0.5, 0.6) is 0 Å². The molecule has 0 radical (unpaired) electrons. The molecule has 1 amide bonds. The number of nitrogens with zero attached hydrogens (tertiary/aromatic N) is 1. The topological polar surface area (TPSA) is 75.7 Å². The summed E-state index contributed by atoms with van der Waals surface area (Å²) in [5.74, 6) is 0.184. The number of morpholine rings is 1. The van der Waals surface area contributed by atoms with Crippen molar-refractivity contribution in [3.63, 3.8) is 0 Å². The SMILES string of the molecule is CC(C)CN1CC(CNS(=O)(=O)Cc2ccc(Cl)cc2)OCC1=O. The molecule has 0 aromatic heterocycles. The lowest BCUT2D eigenvalue weighted by Gasteiger charge is -2.33. The molecular weight excluding hydrogens is 352 g/mol. The monoisotopic (exact) mass is 374 g/mol. The number of hydrogen-bond donors (Lipinski definition) is 1. The second-order valence-corrected chi connectivity index (χ2v) is 8.60. The zero-order chi connectivity index (χ0) is 17.7. The normalized spacial score (nSPS) is 19.1. The summed E-state index contributed by atoms with van der Waals surface area (Å²) in [5, 5.41) is 0.564. The minimum Gasteiger partial charge on any atom is -0.365 e. The van der Waals surface area contributed by atoms with Crippen molar-refractivity contribution in [3.8, 4) is 0 Å². The van der Waals surface area contributed by atoms with Gasteiger partial charge in [-0.15, -0.1) is 0 Å². The Morgan fingerprint density at radius 3 is 2.62 bits per heavy atom. The summed E-state index contributed by atoms with van der Waals surface area (Å²) >= 11 is 5.79. The maximum absolute atomic E-state index is 12.2. The standard InChI is InChI=1S/C16H23ClN2O4S/c1-12(2)8-19-9-15(23-10-16(19)20)7-18-24(21,22)11-13-3-5-14(17)6-4-13/h3-6,12,15,18H,7-11H2,1-2H3. The fraction of sp³-hybridized carbons (Fsp3) is 0.562. The average molecular weight is 375 g/mol. The van der Waals surface area contributed by atoms with Crippen molar-refractivity contribution in [2.75, 3.05) is 26.2 Å². The van der Waals surface area contributed by atoms with Crippen LogP contribution in [0.3, 0.4) is 0 Å². The molecule has 1 aliphatic heterocycles. The van der Waals surface area contributed by atoms with Crippen LogP contribution in [0.4, 0.5) is 0 Å². The minimum atomic E-state index is -3.48. The third-order valence-electron chi connectivity index (χ3n) is 3.61. The van der Waals surface area contributed by atoms with E-state index in [0.29, 0.717) is 29.6 Å². The highest BCUT2D eigenvalue weighted by Gasteiger charge is 2.27. The number of carbonyl (C=O) groups excluding carboxylic acids is 1. The number of rotatable bonds is 7. The zero-order valence-electron chi connectivity index (χ0n) is 13.9. The van der Waals surface area contributed by atoms with Gasteiger partial charge in [-0.1, -0.05) is 37.6 Å². The Hall–Kier alpha value is -1.15. The van der Waals surface area contributed by atoms with E-state index >= 15 is 0 Å². The number of hydrogen-bond acceptors (Lipinski definition) is 4. The molecule has 0 saturated carbocycles. The van der Waals surface area contributed by atoms with Crippen LogP contribution in [0.15, 0.2) is 24.3 Å². The number of carbonyl (C=O) groups is 1. The maximum atomic E-state index is 12.2. The molecule has 8 heteroatoms. The van der Waals surface area contributed by atoms with E-state index in [9.17, 15) is 13.2 Å². The summed E-state index contributed by atoms with van der Waals surface area (Å²) in [4.78, 5) is 13.5. The first kappa shape index (κ1) is 19.2. The van der Waals surface area contributed by atoms with Gasteiger partial charge in [0.25, 0.3) is 0 Å². The highest BCUT2D eigenvalue weighted by molar-refractivity contribution is 7.88. The van der Waals surface area contributed by atoms with Crippen LogP contribution in [-0.2, 0) is 25.3 Å². The van der Waals surface area contributed by atoms with Crippen molar-refractivity contribution in [2.24, 2.45) is 5.92 Å². The summed E-state index contributed by atoms with van der Waals surface area (Å²) in [6.07, 6.45) is -0.332. The van der Waals surface area contributed by atoms with Crippen molar-refractivity contribution in [2.45, 2.75) is 25.7 Å². The lowest BCUT2D eigenvalue weighted by Crippen LogP contribution is -2.51. The number of amides is 1. The smallest absolute Gasteiger partial charge is 0.248 e. The van der Waals surface area contributed by atoms with Gasteiger partial charge in [-0.3, -0.25) is 4.79 Å². The van der Waals surface area contributed by atoms with Gasteiger partial charge >= 0.3 is 0 Å². The summed E-state index contributed by atoms with van der Waals surface area (Å²) in [6.45, 7) is 5.27. The van der Waals surface area contributed by atoms with Gasteiger partial charge in [-0.2, -0.15) is 0 Å². The minimum absolute atomic E-state index is 0.00367. The quantitative estimate of drug-likeness (QED) is 0.787. The first-order valence-electron chi connectivity index (χ1n) is 7.86. The predicted octanol–water partition coefficient (Wildman–Crippen LogP) is 1.64. The van der Waals surface area contributed by atoms with Crippen molar-refractivity contribution in [1.29, 1.82) is 0 Å². The Kier molecular flexibility index (Phi) is 6.62. The number of ether oxygens (including phenoxy) is 1. The molecule has 1 atom stereocenters. The molecule has 1 aromatic carbocycles. The van der Waals surface area contributed by atoms with Gasteiger partial charge in [-0.25, -0.2) is 13.1 Å². The van der Waals surface area contributed by atoms with E-state index in [0.717, 1.165) is 0 Å². The van der Waals surface area contributed by atoms with Crippen LogP contribution in [0, 0.1) is 5.92 Å². The Morgan fingerprint density at radius 2 is 2.00 bits per heavy atom. The second-order valence-electron chi connectivity index (χ2n) is 6.36. The summed E-state index contributed by atoms with van der Waals surface area (Å²) in [5.41, 5.74) is 0.660. The number of halogens is 1. The first-order chi connectivity index (χ1) is 11.2. The van der Waals surface area contributed by atoms with Crippen LogP contribution in [0.25, 0.3) is 0 Å². The van der Waals surface area contributed by atoms with Crippen molar-refractivity contribution >= 4 is 27.5 Å². The average Bonchev–Trinajstić information content (AvgIpc) is 2.50. The van der Waals surface area contributed by atoms with Gasteiger partial charge in [0.1, 0.15) is 6.61 Å². The van der Waals surface area contributed by atoms with Crippen molar-refractivity contribution in [1.82, 2.24) is 9.62 Å². The highest BCUT2D eigenvalue weighted by atomic mass is 35.5. The fourth-order valence-electron chi connectivity index (χ4n) is 2.49. The molecule has 24 heavy (non-hydrogen) atoms. The van der Waals surface area contributed by atoms with Crippen LogP contribution >= 0.6 is 11.6 Å². The van der Waals surface area contributed by atoms with E-state index < -0.39 is 10.0 Å². The lowest BCUT2D eigenvalue weighted by atomic mass is 10.2. The van der Waals surface area contributed by atoms with Crippen LogP contribution in [0.1, 0.15) is 19.4 Å². The third-order valence-corrected chi connectivity index (χ3v) is 5.18. The van der Waals surface area contributed by atoms with E-state index in [4.69, 9.17) is 16.3 Å². The molecule has 2 rings (SSSR count). The van der Waals surface area contributed by atoms with Gasteiger partial charge in [0.2, 0.25) is 15.9 Å². The lowest BCUT2D eigenvalue weighted by molar-refractivity contribution is -0.149. The Balaban J connectivity index is 1.87. The molecule has 1 aromatic rings. The second kappa shape index (κ2) is 8.29. The summed E-state index contributed by atoms with van der Waals surface area (Å²) < 4.78 is 32.3. The van der Waals surface area contributed by atoms with E-state index in [1.807, 2.05) is 13.8 Å². The molecule has 0 aliphatic carbocycles. The van der Waals surface area contributed by atoms with Crippen LogP contribution < -0.4 is 4.72 Å². The van der Waals surface area contributed by atoms with Crippen LogP contribution in [-0.4, -0.2) is 51.6 Å². The molecule has 1 unspecified atom stereocenters. The molecule has 1 saturated heterocycles. The molecule has 6 nitrogen and oxygen atoms in total. The predicted molar refractivity (Wildman–Crippen MR) is 93.2 cm³/mol. The fourth-order valence-corrected chi connectivity index (χ4v) is 3.79. The van der Waals surface area contributed by atoms with E-state index in [1.165, 1.54) is 0 Å². The number of nitrogens with one attached hydrogen (secondary N) is 1. The molecule has 134 valence electrons. The number of sulfonamides is 1. The molecule has 0 spiro atoms. The van der Waals surface area contributed by atoms with E-state index in [-0.39, 0.29) is 30.9 Å². The molecule has 1 aliphatic rings. The van der Waals surface area contributed by atoms with Gasteiger partial charge in [0.05, 0.1) is 11.9 Å². The van der Waals surface area contributed by atoms with Crippen molar-refractivity contribution < 1.29 is 17.9 Å². The Bertz CT molecular complexity index is 661. The Labute approximate surface area is 148 Å². The molecular formula is C16H23ClN2O4S. The molecule has 0 bridgehead atoms. The number of benzene rings is 1. The zero-order valence-corrected chi connectivity index (χ0v) is 15.4. The largest absolute Gasteiger partial charge is 0.365 e. The van der Waals surface area contributed by atoms with Gasteiger partial charge in [0.15, 0.2) is 0 Å². The van der Waals surface area contributed by atoms with Gasteiger partial charge in [0, 0.05) is 24.7 Å². The molecule has 1 N–H and O–H groups in total.